The van der Waals surface area contributed by atoms with E-state index in [0.717, 1.165) is 28.6 Å². The lowest BCUT2D eigenvalue weighted by molar-refractivity contribution is -0.137. The van der Waals surface area contributed by atoms with Crippen LogP contribution >= 0.6 is 11.8 Å². The number of nitrogens with two attached hydrogens (primary N) is 1. The number of nitrogens with zero attached hydrogens (tertiary/aromatic N) is 3. The van der Waals surface area contributed by atoms with Gasteiger partial charge in [-0.05, 0) is 38.5 Å². The highest BCUT2D eigenvalue weighted by molar-refractivity contribution is 7.98. The summed E-state index contributed by atoms with van der Waals surface area (Å²) in [6.45, 7) is 5.12. The van der Waals surface area contributed by atoms with Crippen LogP contribution < -0.4 is 5.73 Å². The maximum Gasteiger partial charge on any atom is 0.438 e. The molecule has 0 aliphatic carbocycles. The van der Waals surface area contributed by atoms with Crippen molar-refractivity contribution in [1.82, 2.24) is 14.8 Å². The number of rotatable bonds is 3. The molecule has 1 heterocycles. The third kappa shape index (κ3) is 5.38. The Labute approximate surface area is 146 Å². The smallest absolute Gasteiger partial charge is 0.438 e. The molecule has 25 heavy (non-hydrogen) atoms. The predicted octanol–water partition coefficient (Wildman–Crippen LogP) is 3.95. The van der Waals surface area contributed by atoms with Gasteiger partial charge in [0.1, 0.15) is 5.60 Å². The fourth-order valence-corrected chi connectivity index (χ4v) is 2.53. The summed E-state index contributed by atoms with van der Waals surface area (Å²) in [5.74, 6) is 0.208. The first-order valence-corrected chi connectivity index (χ1v) is 8.19. The number of nitrogen functional groups attached to an aromatic ring is 1. The molecule has 0 aliphatic heterocycles. The van der Waals surface area contributed by atoms with E-state index in [1.807, 2.05) is 0 Å². The second-order valence-corrected chi connectivity index (χ2v) is 7.07. The molecule has 6 nitrogen and oxygen atoms in total. The molecule has 0 radical (unpaired) electrons. The van der Waals surface area contributed by atoms with E-state index in [0.29, 0.717) is 11.3 Å². The minimum absolute atomic E-state index is 0.121. The van der Waals surface area contributed by atoms with Crippen LogP contribution in [0.15, 0.2) is 29.4 Å². The van der Waals surface area contributed by atoms with Gasteiger partial charge in [-0.3, -0.25) is 0 Å². The maximum atomic E-state index is 12.5. The van der Waals surface area contributed by atoms with Crippen LogP contribution in [0.25, 0.3) is 0 Å². The largest absolute Gasteiger partial charge is 0.442 e. The lowest BCUT2D eigenvalue weighted by Crippen LogP contribution is -2.28. The van der Waals surface area contributed by atoms with Crippen molar-refractivity contribution in [3.63, 3.8) is 0 Å². The van der Waals surface area contributed by atoms with Crippen molar-refractivity contribution in [3.05, 3.63) is 35.4 Å². The monoisotopic (exact) mass is 374 g/mol. The summed E-state index contributed by atoms with van der Waals surface area (Å²) < 4.78 is 43.6. The normalized spacial score (nSPS) is 12.2. The van der Waals surface area contributed by atoms with E-state index in [-0.39, 0.29) is 11.1 Å². The van der Waals surface area contributed by atoms with Gasteiger partial charge in [-0.2, -0.15) is 18.2 Å². The van der Waals surface area contributed by atoms with Crippen LogP contribution in [0.3, 0.4) is 0 Å². The standard InChI is InChI=1S/C15H17F3N4O2S/c1-14(2,3)24-13(23)22-11(19)20-12(21-22)25-8-9-4-6-10(7-5-9)15(16,17)18/h4-7H,8H2,1-3H3,(H2,19,20,21). The SMILES string of the molecule is CC(C)(C)OC(=O)n1nc(SCc2ccc(C(F)(F)F)cc2)nc1N. The summed E-state index contributed by atoms with van der Waals surface area (Å²) in [5.41, 5.74) is 4.89. The van der Waals surface area contributed by atoms with Gasteiger partial charge in [-0.1, -0.05) is 23.9 Å². The molecule has 0 atom stereocenters. The Bertz CT molecular complexity index is 752. The van der Waals surface area contributed by atoms with Gasteiger partial charge in [0.15, 0.2) is 0 Å². The van der Waals surface area contributed by atoms with Crippen LogP contribution in [-0.2, 0) is 16.7 Å². The average molecular weight is 374 g/mol. The van der Waals surface area contributed by atoms with Crippen LogP contribution in [0, 0.1) is 0 Å². The lowest BCUT2D eigenvalue weighted by Gasteiger charge is -2.18. The zero-order chi connectivity index (χ0) is 18.8. The van der Waals surface area contributed by atoms with E-state index < -0.39 is 23.4 Å². The molecule has 0 unspecified atom stereocenters. The summed E-state index contributed by atoms with van der Waals surface area (Å²) in [4.78, 5) is 15.9. The first-order valence-electron chi connectivity index (χ1n) is 7.20. The fraction of sp³-hybridized carbons (Fsp3) is 0.400. The number of carbonyl (C=O) groups excluding carboxylic acids is 1. The molecule has 2 aromatic rings. The third-order valence-corrected chi connectivity index (χ3v) is 3.74. The Kier molecular flexibility index (Phi) is 5.31. The van der Waals surface area contributed by atoms with E-state index in [4.69, 9.17) is 10.5 Å². The Morgan fingerprint density at radius 2 is 1.84 bits per heavy atom. The molecule has 1 aromatic carbocycles. The lowest BCUT2D eigenvalue weighted by atomic mass is 10.1. The molecule has 2 N–H and O–H groups in total. The number of anilines is 1. The molecular formula is C15H17F3N4O2S. The molecule has 136 valence electrons. The number of aromatic nitrogens is 3. The Balaban J connectivity index is 2.02. The van der Waals surface area contributed by atoms with Crippen molar-refractivity contribution in [2.45, 2.75) is 43.5 Å². The van der Waals surface area contributed by atoms with E-state index in [2.05, 4.69) is 10.1 Å². The van der Waals surface area contributed by atoms with E-state index in [1.165, 1.54) is 12.1 Å². The summed E-state index contributed by atoms with van der Waals surface area (Å²) in [5, 5.41) is 4.18. The molecule has 2 rings (SSSR count). The molecule has 0 bridgehead atoms. The van der Waals surface area contributed by atoms with Crippen LogP contribution in [0.5, 0.6) is 0 Å². The van der Waals surface area contributed by atoms with Crippen LogP contribution in [0.4, 0.5) is 23.9 Å². The minimum atomic E-state index is -4.37. The first kappa shape index (κ1) is 19.1. The van der Waals surface area contributed by atoms with Gasteiger partial charge in [0.05, 0.1) is 5.56 Å². The van der Waals surface area contributed by atoms with Gasteiger partial charge in [0, 0.05) is 5.75 Å². The third-order valence-electron chi connectivity index (χ3n) is 2.83. The molecule has 0 fully saturated rings. The minimum Gasteiger partial charge on any atom is -0.442 e. The summed E-state index contributed by atoms with van der Waals surface area (Å²) in [6, 6.07) is 4.78. The molecule has 0 spiro atoms. The number of hydrogen-bond donors (Lipinski definition) is 1. The Hall–Kier alpha value is -2.23. The van der Waals surface area contributed by atoms with Gasteiger partial charge in [-0.15, -0.1) is 9.78 Å². The molecule has 0 amide bonds. The van der Waals surface area contributed by atoms with E-state index >= 15 is 0 Å². The van der Waals surface area contributed by atoms with E-state index in [9.17, 15) is 18.0 Å². The van der Waals surface area contributed by atoms with Crippen LogP contribution in [-0.4, -0.2) is 26.5 Å². The number of hydrogen-bond acceptors (Lipinski definition) is 6. The highest BCUT2D eigenvalue weighted by Crippen LogP contribution is 2.30. The highest BCUT2D eigenvalue weighted by atomic mass is 32.2. The zero-order valence-electron chi connectivity index (χ0n) is 13.8. The van der Waals surface area contributed by atoms with Gasteiger partial charge >= 0.3 is 12.3 Å². The van der Waals surface area contributed by atoms with Crippen molar-refractivity contribution in [1.29, 1.82) is 0 Å². The van der Waals surface area contributed by atoms with Crippen molar-refractivity contribution in [3.8, 4) is 0 Å². The molecule has 1 aromatic heterocycles. The fourth-order valence-electron chi connectivity index (χ4n) is 1.74. The number of thioether (sulfide) groups is 1. The van der Waals surface area contributed by atoms with Crippen molar-refractivity contribution in [2.24, 2.45) is 0 Å². The molecule has 10 heteroatoms. The average Bonchev–Trinajstić information content (AvgIpc) is 2.84. The molecule has 0 aliphatic rings. The van der Waals surface area contributed by atoms with Crippen molar-refractivity contribution in [2.75, 3.05) is 5.73 Å². The molecular weight excluding hydrogens is 357 g/mol. The summed E-state index contributed by atoms with van der Waals surface area (Å²) in [6.07, 6.45) is -5.12. The second kappa shape index (κ2) is 6.95. The van der Waals surface area contributed by atoms with Gasteiger partial charge in [-0.25, -0.2) is 4.79 Å². The Morgan fingerprint density at radius 1 is 1.24 bits per heavy atom. The first-order chi connectivity index (χ1) is 11.5. The summed E-state index contributed by atoms with van der Waals surface area (Å²) in [7, 11) is 0. The Morgan fingerprint density at radius 3 is 2.36 bits per heavy atom. The second-order valence-electron chi connectivity index (χ2n) is 6.13. The van der Waals surface area contributed by atoms with Gasteiger partial charge in [0.25, 0.3) is 0 Å². The van der Waals surface area contributed by atoms with Crippen LogP contribution in [0.1, 0.15) is 31.9 Å². The number of halogens is 3. The van der Waals surface area contributed by atoms with E-state index in [1.54, 1.807) is 20.8 Å². The number of benzene rings is 1. The highest BCUT2D eigenvalue weighted by Gasteiger charge is 2.30. The summed E-state index contributed by atoms with van der Waals surface area (Å²) >= 11 is 1.15. The zero-order valence-corrected chi connectivity index (χ0v) is 14.6. The molecule has 0 saturated carbocycles. The molecule has 0 saturated heterocycles. The van der Waals surface area contributed by atoms with Crippen molar-refractivity contribution >= 4 is 23.8 Å². The quantitative estimate of drug-likeness (QED) is 0.819. The van der Waals surface area contributed by atoms with Gasteiger partial charge in [0.2, 0.25) is 11.1 Å². The van der Waals surface area contributed by atoms with Crippen molar-refractivity contribution < 1.29 is 22.7 Å². The predicted molar refractivity (Wildman–Crippen MR) is 87.1 cm³/mol. The van der Waals surface area contributed by atoms with Gasteiger partial charge < -0.3 is 10.5 Å². The maximum absolute atomic E-state index is 12.5. The van der Waals surface area contributed by atoms with Crippen LogP contribution in [0.2, 0.25) is 0 Å². The number of ether oxygens (including phenoxy) is 1. The number of alkyl halides is 3. The topological polar surface area (TPSA) is 83.0 Å². The number of carbonyl (C=O) groups is 1.